The Kier molecular flexibility index (Phi) is 5.98. The maximum absolute atomic E-state index is 13.5. The number of nitrogens with zero attached hydrogens (tertiary/aromatic N) is 3. The molecular weight excluding hydrogens is 455 g/mol. The van der Waals surface area contributed by atoms with Crippen LogP contribution in [0, 0.1) is 5.92 Å². The van der Waals surface area contributed by atoms with Crippen LogP contribution in [0.15, 0.2) is 54.9 Å². The first-order chi connectivity index (χ1) is 15.9. The van der Waals surface area contributed by atoms with Gasteiger partial charge in [0.25, 0.3) is 5.91 Å². The van der Waals surface area contributed by atoms with E-state index in [-0.39, 0.29) is 17.5 Å². The van der Waals surface area contributed by atoms with E-state index in [1.54, 1.807) is 22.9 Å². The lowest BCUT2D eigenvalue weighted by molar-refractivity contribution is -0.0404. The first-order valence-corrected chi connectivity index (χ1v) is 12.2. The van der Waals surface area contributed by atoms with Gasteiger partial charge in [0.2, 0.25) is 0 Å². The highest BCUT2D eigenvalue weighted by atomic mass is 35.5. The summed E-state index contributed by atoms with van der Waals surface area (Å²) in [6, 6.07) is 13.3. The van der Waals surface area contributed by atoms with Gasteiger partial charge in [0.05, 0.1) is 22.8 Å². The molecular formula is C26H28Cl2N4O. The van der Waals surface area contributed by atoms with Crippen molar-refractivity contribution in [3.63, 3.8) is 0 Å². The number of amides is 1. The van der Waals surface area contributed by atoms with Crippen LogP contribution in [0.2, 0.25) is 10.0 Å². The van der Waals surface area contributed by atoms with Crippen molar-refractivity contribution in [1.82, 2.24) is 20.0 Å². The van der Waals surface area contributed by atoms with Crippen LogP contribution >= 0.6 is 23.2 Å². The van der Waals surface area contributed by atoms with Gasteiger partial charge in [0, 0.05) is 35.9 Å². The van der Waals surface area contributed by atoms with Crippen molar-refractivity contribution in [3.8, 4) is 11.1 Å². The summed E-state index contributed by atoms with van der Waals surface area (Å²) < 4.78 is 1.80. The van der Waals surface area contributed by atoms with E-state index in [0.29, 0.717) is 15.6 Å². The van der Waals surface area contributed by atoms with E-state index in [9.17, 15) is 4.79 Å². The molecule has 3 aromatic rings. The van der Waals surface area contributed by atoms with E-state index < -0.39 is 0 Å². The summed E-state index contributed by atoms with van der Waals surface area (Å²) in [6.45, 7) is 1.07. The Morgan fingerprint density at radius 3 is 2.58 bits per heavy atom. The lowest BCUT2D eigenvalue weighted by Gasteiger charge is -2.57. The standard InChI is InChI=1S/C26H28Cl2N4O/c1-31-15-17-8-10-26(31,11-9-17)24(30-25(33)22-7-6-21(27)13-23(22)28)19-5-3-4-18(12-19)20-14-29-32(2)16-20/h3-7,12-14,16-17,24H,8-11,15H2,1-2H3,(H,30,33). The lowest BCUT2D eigenvalue weighted by Crippen LogP contribution is -2.62. The summed E-state index contributed by atoms with van der Waals surface area (Å²) in [5, 5.41) is 8.58. The van der Waals surface area contributed by atoms with Crippen molar-refractivity contribution < 1.29 is 4.79 Å². The van der Waals surface area contributed by atoms with Crippen molar-refractivity contribution in [1.29, 1.82) is 0 Å². The number of benzene rings is 2. The van der Waals surface area contributed by atoms with Crippen molar-refractivity contribution in [2.75, 3.05) is 13.6 Å². The van der Waals surface area contributed by atoms with Gasteiger partial charge in [-0.3, -0.25) is 14.4 Å². The average molecular weight is 483 g/mol. The molecule has 2 saturated heterocycles. The number of carbonyl (C=O) groups excluding carboxylic acids is 1. The Labute approximate surface area is 204 Å². The predicted octanol–water partition coefficient (Wildman–Crippen LogP) is 5.74. The van der Waals surface area contributed by atoms with Crippen LogP contribution in [0.4, 0.5) is 0 Å². The number of aryl methyl sites for hydroxylation is 1. The van der Waals surface area contributed by atoms with Crippen molar-refractivity contribution in [2.24, 2.45) is 13.0 Å². The van der Waals surface area contributed by atoms with Crippen LogP contribution in [-0.2, 0) is 7.05 Å². The third-order valence-electron chi connectivity index (χ3n) is 7.51. The first-order valence-electron chi connectivity index (χ1n) is 11.4. The zero-order valence-corrected chi connectivity index (χ0v) is 20.4. The molecule has 1 amide bonds. The predicted molar refractivity (Wildman–Crippen MR) is 133 cm³/mol. The number of hydrogen-bond donors (Lipinski definition) is 1. The summed E-state index contributed by atoms with van der Waals surface area (Å²) in [6.07, 6.45) is 8.39. The highest BCUT2D eigenvalue weighted by molar-refractivity contribution is 6.36. The molecule has 2 aliphatic heterocycles. The summed E-state index contributed by atoms with van der Waals surface area (Å²) in [5.74, 6) is 0.574. The summed E-state index contributed by atoms with van der Waals surface area (Å²) in [4.78, 5) is 15.9. The van der Waals surface area contributed by atoms with E-state index in [4.69, 9.17) is 23.2 Å². The number of carbonyl (C=O) groups is 1. The fourth-order valence-electron chi connectivity index (χ4n) is 5.70. The maximum atomic E-state index is 13.5. The van der Waals surface area contributed by atoms with Gasteiger partial charge in [0.15, 0.2) is 0 Å². The molecule has 3 aliphatic rings. The highest BCUT2D eigenvalue weighted by Crippen LogP contribution is 2.49. The average Bonchev–Trinajstić information content (AvgIpc) is 3.24. The van der Waals surface area contributed by atoms with Crippen LogP contribution in [0.3, 0.4) is 0 Å². The van der Waals surface area contributed by atoms with Gasteiger partial charge in [-0.05, 0) is 74.0 Å². The minimum absolute atomic E-state index is 0.128. The molecule has 1 N–H and O–H groups in total. The number of piperidine rings is 2. The smallest absolute Gasteiger partial charge is 0.253 e. The van der Waals surface area contributed by atoms with Gasteiger partial charge in [0.1, 0.15) is 0 Å². The topological polar surface area (TPSA) is 50.2 Å². The van der Waals surface area contributed by atoms with Crippen LogP contribution in [0.5, 0.6) is 0 Å². The molecule has 0 spiro atoms. The minimum Gasteiger partial charge on any atom is -0.343 e. The number of halogens is 2. The highest BCUT2D eigenvalue weighted by Gasteiger charge is 2.50. The van der Waals surface area contributed by atoms with Crippen LogP contribution < -0.4 is 5.32 Å². The lowest BCUT2D eigenvalue weighted by atomic mass is 9.65. The molecule has 33 heavy (non-hydrogen) atoms. The number of aromatic nitrogens is 2. The van der Waals surface area contributed by atoms with Crippen molar-refractivity contribution in [2.45, 2.75) is 37.3 Å². The number of nitrogens with one attached hydrogen (secondary N) is 1. The van der Waals surface area contributed by atoms with Gasteiger partial charge >= 0.3 is 0 Å². The molecule has 1 aliphatic carbocycles. The fourth-order valence-corrected chi connectivity index (χ4v) is 6.19. The molecule has 6 rings (SSSR count). The number of likely N-dealkylation sites (N-methyl/N-ethyl adjacent to an activating group) is 1. The van der Waals surface area contributed by atoms with Crippen LogP contribution in [0.1, 0.15) is 47.6 Å². The Bertz CT molecular complexity index is 1180. The number of fused-ring (bicyclic) bond motifs is 3. The summed E-state index contributed by atoms with van der Waals surface area (Å²) in [5.41, 5.74) is 3.56. The molecule has 2 aromatic carbocycles. The third kappa shape index (κ3) is 4.18. The number of hydrogen-bond acceptors (Lipinski definition) is 3. The van der Waals surface area contributed by atoms with E-state index in [1.807, 2.05) is 19.4 Å². The SMILES string of the molecule is CN1CC2CCC1(C(NC(=O)c1ccc(Cl)cc1Cl)c1cccc(-c3cnn(C)c3)c1)CC2. The van der Waals surface area contributed by atoms with Crippen molar-refractivity contribution in [3.05, 3.63) is 76.0 Å². The Morgan fingerprint density at radius 2 is 1.91 bits per heavy atom. The molecule has 2 bridgehead atoms. The van der Waals surface area contributed by atoms with Gasteiger partial charge in [-0.1, -0.05) is 41.4 Å². The van der Waals surface area contributed by atoms with Gasteiger partial charge in [-0.2, -0.15) is 5.10 Å². The fraction of sp³-hybridized carbons (Fsp3) is 0.385. The maximum Gasteiger partial charge on any atom is 0.253 e. The quantitative estimate of drug-likeness (QED) is 0.504. The number of rotatable bonds is 5. The largest absolute Gasteiger partial charge is 0.343 e. The molecule has 1 unspecified atom stereocenters. The minimum atomic E-state index is -0.177. The second kappa shape index (κ2) is 8.79. The molecule has 1 aromatic heterocycles. The van der Waals surface area contributed by atoms with E-state index in [1.165, 1.54) is 12.8 Å². The van der Waals surface area contributed by atoms with Crippen LogP contribution in [0.25, 0.3) is 11.1 Å². The normalized spacial score (nSPS) is 23.5. The van der Waals surface area contributed by atoms with Crippen molar-refractivity contribution >= 4 is 29.1 Å². The molecule has 3 fully saturated rings. The monoisotopic (exact) mass is 482 g/mol. The third-order valence-corrected chi connectivity index (χ3v) is 8.06. The zero-order chi connectivity index (χ0) is 23.2. The Morgan fingerprint density at radius 1 is 1.12 bits per heavy atom. The summed E-state index contributed by atoms with van der Waals surface area (Å²) >= 11 is 12.4. The molecule has 1 saturated carbocycles. The molecule has 0 radical (unpaired) electrons. The molecule has 3 heterocycles. The molecule has 1 atom stereocenters. The van der Waals surface area contributed by atoms with E-state index in [2.05, 4.69) is 46.6 Å². The van der Waals surface area contributed by atoms with Gasteiger partial charge in [-0.25, -0.2) is 0 Å². The molecule has 172 valence electrons. The van der Waals surface area contributed by atoms with Gasteiger partial charge in [-0.15, -0.1) is 0 Å². The second-order valence-corrected chi connectivity index (χ2v) is 10.3. The zero-order valence-electron chi connectivity index (χ0n) is 18.9. The molecule has 5 nitrogen and oxygen atoms in total. The van der Waals surface area contributed by atoms with E-state index in [0.717, 1.165) is 42.0 Å². The Balaban J connectivity index is 1.55. The second-order valence-electron chi connectivity index (χ2n) is 9.49. The Hall–Kier alpha value is -2.34. The summed E-state index contributed by atoms with van der Waals surface area (Å²) in [7, 11) is 4.12. The first kappa shape index (κ1) is 22.5. The van der Waals surface area contributed by atoms with E-state index >= 15 is 0 Å². The van der Waals surface area contributed by atoms with Gasteiger partial charge < -0.3 is 5.32 Å². The molecule has 7 heteroatoms. The van der Waals surface area contributed by atoms with Crippen LogP contribution in [-0.4, -0.2) is 39.7 Å².